The highest BCUT2D eigenvalue weighted by Crippen LogP contribution is 2.39. The van der Waals surface area contributed by atoms with E-state index in [2.05, 4.69) is 0 Å². The lowest BCUT2D eigenvalue weighted by Gasteiger charge is -2.28. The Balaban J connectivity index is 1.77. The van der Waals surface area contributed by atoms with Crippen LogP contribution in [0.3, 0.4) is 0 Å². The number of hydrogen-bond acceptors (Lipinski definition) is 8. The van der Waals surface area contributed by atoms with Crippen molar-refractivity contribution in [1.82, 2.24) is 9.96 Å². The van der Waals surface area contributed by atoms with Crippen LogP contribution in [-0.2, 0) is 19.2 Å². The molecule has 2 aliphatic rings. The highest BCUT2D eigenvalue weighted by molar-refractivity contribution is 6.22. The monoisotopic (exact) mass is 522 g/mol. The Morgan fingerprint density at radius 1 is 1.03 bits per heavy atom. The van der Waals surface area contributed by atoms with E-state index in [1.54, 1.807) is 43.3 Å². The average Bonchev–Trinajstić information content (AvgIpc) is 3.47. The molecule has 0 aromatic heterocycles. The van der Waals surface area contributed by atoms with Crippen molar-refractivity contribution in [3.05, 3.63) is 58.7 Å². The van der Waals surface area contributed by atoms with Gasteiger partial charge in [-0.25, -0.2) is 4.79 Å². The van der Waals surface area contributed by atoms with E-state index < -0.39 is 42.1 Å². The summed E-state index contributed by atoms with van der Waals surface area (Å²) in [6.07, 6.45) is 3.38. The Bertz CT molecular complexity index is 1300. The van der Waals surface area contributed by atoms with Gasteiger partial charge < -0.3 is 14.3 Å². The maximum absolute atomic E-state index is 13.6. The molecule has 0 N–H and O–H groups in total. The molecule has 2 aromatic carbocycles. The minimum Gasteiger partial charge on any atom is -0.493 e. The summed E-state index contributed by atoms with van der Waals surface area (Å²) in [5, 5.41) is 0.345. The van der Waals surface area contributed by atoms with Crippen LogP contribution in [0.25, 0.3) is 0 Å². The third kappa shape index (κ3) is 5.25. The van der Waals surface area contributed by atoms with Gasteiger partial charge in [0, 0.05) is 13.8 Å². The number of aryl methyl sites for hydroxylation is 1. The number of amides is 4. The number of nitrogens with zero attached hydrogens (tertiary/aromatic N) is 2. The summed E-state index contributed by atoms with van der Waals surface area (Å²) >= 11 is 0. The largest absolute Gasteiger partial charge is 0.493 e. The Labute approximate surface area is 220 Å². The van der Waals surface area contributed by atoms with Gasteiger partial charge in [0.25, 0.3) is 23.6 Å². The van der Waals surface area contributed by atoms with Crippen molar-refractivity contribution < 1.29 is 38.3 Å². The Morgan fingerprint density at radius 2 is 1.74 bits per heavy atom. The van der Waals surface area contributed by atoms with Gasteiger partial charge in [-0.15, -0.1) is 5.06 Å². The molecule has 0 saturated heterocycles. The summed E-state index contributed by atoms with van der Waals surface area (Å²) in [5.74, 6) is -2.81. The van der Waals surface area contributed by atoms with Gasteiger partial charge in [-0.05, 0) is 61.9 Å². The first-order valence-electron chi connectivity index (χ1n) is 12.5. The summed E-state index contributed by atoms with van der Waals surface area (Å²) in [5.41, 5.74) is 1.53. The molecule has 1 aliphatic heterocycles. The van der Waals surface area contributed by atoms with E-state index in [0.29, 0.717) is 27.7 Å². The van der Waals surface area contributed by atoms with Gasteiger partial charge in [0.1, 0.15) is 0 Å². The number of imide groups is 2. The molecular formula is C28H30N2O8. The van der Waals surface area contributed by atoms with Gasteiger partial charge in [0.05, 0.1) is 36.8 Å². The number of ether oxygens (including phenoxy) is 2. The summed E-state index contributed by atoms with van der Waals surface area (Å²) < 4.78 is 11.7. The van der Waals surface area contributed by atoms with Crippen LogP contribution in [0.2, 0.25) is 0 Å². The van der Waals surface area contributed by atoms with Gasteiger partial charge in [-0.3, -0.25) is 24.1 Å². The molecule has 0 bridgehead atoms. The summed E-state index contributed by atoms with van der Waals surface area (Å²) in [7, 11) is 1.51. The van der Waals surface area contributed by atoms with Crippen molar-refractivity contribution >= 4 is 29.6 Å². The predicted molar refractivity (Wildman–Crippen MR) is 134 cm³/mol. The molecule has 0 spiro atoms. The average molecular weight is 523 g/mol. The second-order valence-electron chi connectivity index (χ2n) is 9.42. The zero-order chi connectivity index (χ0) is 27.6. The van der Waals surface area contributed by atoms with E-state index in [1.165, 1.54) is 7.11 Å². The highest BCUT2D eigenvalue weighted by atomic mass is 16.7. The quantitative estimate of drug-likeness (QED) is 0.397. The summed E-state index contributed by atoms with van der Waals surface area (Å²) in [4.78, 5) is 69.7. The highest BCUT2D eigenvalue weighted by Gasteiger charge is 2.43. The molecule has 4 amide bonds. The van der Waals surface area contributed by atoms with Crippen LogP contribution in [0.5, 0.6) is 11.5 Å². The van der Waals surface area contributed by atoms with Crippen molar-refractivity contribution in [2.45, 2.75) is 65.0 Å². The van der Waals surface area contributed by atoms with Crippen LogP contribution in [0.4, 0.5) is 0 Å². The lowest BCUT2D eigenvalue weighted by atomic mass is 10.00. The number of hydrogen-bond donors (Lipinski definition) is 0. The molecule has 200 valence electrons. The van der Waals surface area contributed by atoms with E-state index in [4.69, 9.17) is 14.3 Å². The van der Waals surface area contributed by atoms with E-state index in [9.17, 15) is 24.0 Å². The maximum Gasteiger partial charge on any atom is 0.330 e. The molecule has 1 atom stereocenters. The fraction of sp³-hybridized carbons (Fsp3) is 0.393. The molecule has 10 heteroatoms. The fourth-order valence-electron chi connectivity index (χ4n) is 4.96. The Kier molecular flexibility index (Phi) is 7.80. The lowest BCUT2D eigenvalue weighted by Crippen LogP contribution is -2.41. The first kappa shape index (κ1) is 26.8. The SMILES string of the molecule is COc1ccc(C(CC(=O)N(OC(C)=O)C(C)=O)N2C(=O)c3cccc(C)c3C2=O)cc1OC1CCCC1. The van der Waals surface area contributed by atoms with Gasteiger partial charge in [-0.1, -0.05) is 18.2 Å². The second-order valence-corrected chi connectivity index (χ2v) is 9.42. The molecule has 0 radical (unpaired) electrons. The molecule has 1 fully saturated rings. The van der Waals surface area contributed by atoms with Crippen molar-refractivity contribution in [2.75, 3.05) is 7.11 Å². The van der Waals surface area contributed by atoms with Crippen molar-refractivity contribution in [3.8, 4) is 11.5 Å². The molecule has 38 heavy (non-hydrogen) atoms. The van der Waals surface area contributed by atoms with E-state index in [-0.39, 0.29) is 17.2 Å². The molecule has 4 rings (SSSR count). The Morgan fingerprint density at radius 3 is 2.34 bits per heavy atom. The smallest absolute Gasteiger partial charge is 0.330 e. The van der Waals surface area contributed by atoms with Crippen LogP contribution in [-0.4, -0.2) is 52.8 Å². The fourth-order valence-corrected chi connectivity index (χ4v) is 4.96. The molecule has 1 aliphatic carbocycles. The van der Waals surface area contributed by atoms with Crippen LogP contribution in [0, 0.1) is 6.92 Å². The van der Waals surface area contributed by atoms with Gasteiger partial charge >= 0.3 is 5.97 Å². The molecule has 1 unspecified atom stereocenters. The number of hydroxylamine groups is 2. The molecule has 10 nitrogen and oxygen atoms in total. The minimum absolute atomic E-state index is 0.00152. The van der Waals surface area contributed by atoms with Crippen LogP contribution in [0.1, 0.15) is 83.8 Å². The zero-order valence-corrected chi connectivity index (χ0v) is 21.8. The van der Waals surface area contributed by atoms with Gasteiger partial charge in [0.15, 0.2) is 11.5 Å². The van der Waals surface area contributed by atoms with E-state index in [1.807, 2.05) is 0 Å². The topological polar surface area (TPSA) is 120 Å². The van der Waals surface area contributed by atoms with Gasteiger partial charge in [0.2, 0.25) is 0 Å². The molecule has 2 aromatic rings. The molecular weight excluding hydrogens is 492 g/mol. The number of carbonyl (C=O) groups excluding carboxylic acids is 5. The number of carbonyl (C=O) groups is 5. The first-order valence-corrected chi connectivity index (χ1v) is 12.5. The molecule has 1 saturated carbocycles. The Hall–Kier alpha value is -4.21. The normalized spacial score (nSPS) is 15.7. The third-order valence-electron chi connectivity index (χ3n) is 6.73. The van der Waals surface area contributed by atoms with Crippen LogP contribution >= 0.6 is 0 Å². The standard InChI is InChI=1S/C28H30N2O8/c1-16-8-7-11-21-26(16)28(35)29(27(21)34)22(15-25(33)30(17(2)31)38-18(3)32)19-12-13-23(36-4)24(14-19)37-20-9-5-6-10-20/h7-8,11-14,20,22H,5-6,9-10,15H2,1-4H3. The van der Waals surface area contributed by atoms with E-state index in [0.717, 1.165) is 44.4 Å². The maximum atomic E-state index is 13.6. The van der Waals surface area contributed by atoms with Crippen molar-refractivity contribution in [3.63, 3.8) is 0 Å². The predicted octanol–water partition coefficient (Wildman–Crippen LogP) is 3.91. The third-order valence-corrected chi connectivity index (χ3v) is 6.73. The van der Waals surface area contributed by atoms with Gasteiger partial charge in [-0.2, -0.15) is 0 Å². The summed E-state index contributed by atoms with van der Waals surface area (Å²) in [6, 6.07) is 8.78. The van der Waals surface area contributed by atoms with Crippen molar-refractivity contribution in [2.24, 2.45) is 0 Å². The number of benzene rings is 2. The number of methoxy groups -OCH3 is 1. The number of rotatable bonds is 7. The first-order chi connectivity index (χ1) is 18.1. The minimum atomic E-state index is -1.12. The van der Waals surface area contributed by atoms with E-state index >= 15 is 0 Å². The zero-order valence-electron chi connectivity index (χ0n) is 21.8. The lowest BCUT2D eigenvalue weighted by molar-refractivity contribution is -0.200. The number of fused-ring (bicyclic) bond motifs is 1. The van der Waals surface area contributed by atoms with Crippen LogP contribution < -0.4 is 9.47 Å². The summed E-state index contributed by atoms with van der Waals surface area (Å²) in [6.45, 7) is 3.86. The van der Waals surface area contributed by atoms with Crippen LogP contribution in [0.15, 0.2) is 36.4 Å². The second kappa shape index (κ2) is 11.0. The van der Waals surface area contributed by atoms with Crippen molar-refractivity contribution in [1.29, 1.82) is 0 Å². The molecule has 1 heterocycles.